The zero-order valence-electron chi connectivity index (χ0n) is 10.5. The van der Waals surface area contributed by atoms with E-state index in [1.165, 1.54) is 18.2 Å². The number of benzene rings is 1. The molecule has 0 radical (unpaired) electrons. The quantitative estimate of drug-likeness (QED) is 0.927. The minimum Gasteiger partial charge on any atom is -0.483 e. The van der Waals surface area contributed by atoms with Crippen LogP contribution in [0.15, 0.2) is 28.7 Å². The molecule has 0 aliphatic carbocycles. The number of ether oxygens (including phenoxy) is 1. The van der Waals surface area contributed by atoms with Gasteiger partial charge in [-0.2, -0.15) is 5.26 Å². The van der Waals surface area contributed by atoms with Gasteiger partial charge in [-0.15, -0.1) is 0 Å². The van der Waals surface area contributed by atoms with Gasteiger partial charge < -0.3 is 14.3 Å². The summed E-state index contributed by atoms with van der Waals surface area (Å²) in [5.74, 6) is -1.74. The highest BCUT2D eigenvalue weighted by atomic mass is 19.1. The molecule has 0 aliphatic rings. The summed E-state index contributed by atoms with van der Waals surface area (Å²) >= 11 is 0. The minimum atomic E-state index is -1.17. The van der Waals surface area contributed by atoms with E-state index in [0.717, 1.165) is 6.07 Å². The lowest BCUT2D eigenvalue weighted by Crippen LogP contribution is -1.97. The topological polar surface area (TPSA) is 83.5 Å². The Balaban J connectivity index is 2.11. The zero-order valence-corrected chi connectivity index (χ0v) is 10.5. The summed E-state index contributed by atoms with van der Waals surface area (Å²) < 4.78 is 23.8. The molecule has 20 heavy (non-hydrogen) atoms. The number of aryl methyl sites for hydroxylation is 1. The molecule has 2 aromatic rings. The van der Waals surface area contributed by atoms with E-state index in [1.54, 1.807) is 6.92 Å². The fourth-order valence-electron chi connectivity index (χ4n) is 1.67. The first-order valence-electron chi connectivity index (χ1n) is 5.66. The summed E-state index contributed by atoms with van der Waals surface area (Å²) in [7, 11) is 0. The number of carbonyl (C=O) groups is 1. The average Bonchev–Trinajstić information content (AvgIpc) is 2.78. The lowest BCUT2D eigenvalue weighted by molar-refractivity contribution is 0.0657. The van der Waals surface area contributed by atoms with Gasteiger partial charge in [-0.3, -0.25) is 0 Å². The van der Waals surface area contributed by atoms with Crippen LogP contribution in [-0.4, -0.2) is 11.1 Å². The second-order valence-corrected chi connectivity index (χ2v) is 4.08. The van der Waals surface area contributed by atoms with E-state index in [2.05, 4.69) is 0 Å². The lowest BCUT2D eigenvalue weighted by atomic mass is 10.2. The molecule has 5 nitrogen and oxygen atoms in total. The Hall–Kier alpha value is -2.81. The number of carboxylic acids is 1. The molecule has 0 spiro atoms. The summed E-state index contributed by atoms with van der Waals surface area (Å²) in [6.45, 7) is 1.50. The van der Waals surface area contributed by atoms with Gasteiger partial charge in [0.1, 0.15) is 12.4 Å². The molecule has 1 heterocycles. The molecule has 2 rings (SSSR count). The van der Waals surface area contributed by atoms with Crippen molar-refractivity contribution in [2.45, 2.75) is 13.5 Å². The van der Waals surface area contributed by atoms with Gasteiger partial charge in [-0.1, -0.05) is 0 Å². The van der Waals surface area contributed by atoms with Crippen LogP contribution in [0.5, 0.6) is 5.75 Å². The Bertz CT molecular complexity index is 700. The molecule has 0 fully saturated rings. The van der Waals surface area contributed by atoms with E-state index in [9.17, 15) is 9.18 Å². The molecule has 1 N–H and O–H groups in total. The molecular weight excluding hydrogens is 265 g/mol. The highest BCUT2D eigenvalue weighted by Crippen LogP contribution is 2.21. The maximum Gasteiger partial charge on any atom is 0.372 e. The van der Waals surface area contributed by atoms with E-state index < -0.39 is 11.8 Å². The van der Waals surface area contributed by atoms with E-state index in [1.807, 2.05) is 6.07 Å². The largest absolute Gasteiger partial charge is 0.483 e. The zero-order chi connectivity index (χ0) is 14.7. The van der Waals surface area contributed by atoms with Crippen molar-refractivity contribution in [1.29, 1.82) is 5.26 Å². The Morgan fingerprint density at radius 2 is 2.25 bits per heavy atom. The van der Waals surface area contributed by atoms with Crippen molar-refractivity contribution < 1.29 is 23.4 Å². The number of hydrogen-bond acceptors (Lipinski definition) is 4. The number of hydrogen-bond donors (Lipinski definition) is 1. The average molecular weight is 275 g/mol. The van der Waals surface area contributed by atoms with Crippen LogP contribution in [-0.2, 0) is 6.61 Å². The third-order valence-electron chi connectivity index (χ3n) is 2.59. The lowest BCUT2D eigenvalue weighted by Gasteiger charge is -2.05. The third-order valence-corrected chi connectivity index (χ3v) is 2.59. The monoisotopic (exact) mass is 275 g/mol. The molecule has 0 saturated heterocycles. The number of nitriles is 1. The van der Waals surface area contributed by atoms with Crippen molar-refractivity contribution in [3.8, 4) is 11.8 Å². The molecule has 102 valence electrons. The van der Waals surface area contributed by atoms with Crippen LogP contribution < -0.4 is 4.74 Å². The van der Waals surface area contributed by atoms with Crippen LogP contribution in [0.1, 0.15) is 27.4 Å². The fraction of sp³-hybridized carbons (Fsp3) is 0.143. The molecule has 6 heteroatoms. The number of aromatic carboxylic acids is 1. The van der Waals surface area contributed by atoms with Gasteiger partial charge in [-0.25, -0.2) is 9.18 Å². The van der Waals surface area contributed by atoms with Crippen LogP contribution in [0.4, 0.5) is 4.39 Å². The van der Waals surface area contributed by atoms with E-state index in [4.69, 9.17) is 19.5 Å². The first kappa shape index (κ1) is 13.6. The SMILES string of the molecule is Cc1cc(COc2ccc(C#N)cc2F)oc1C(=O)O. The first-order chi connectivity index (χ1) is 9.51. The Labute approximate surface area is 113 Å². The second kappa shape index (κ2) is 5.45. The maximum absolute atomic E-state index is 13.6. The summed E-state index contributed by atoms with van der Waals surface area (Å²) in [6.07, 6.45) is 0. The molecule has 1 aromatic carbocycles. The summed E-state index contributed by atoms with van der Waals surface area (Å²) in [6, 6.07) is 7.15. The third kappa shape index (κ3) is 2.78. The second-order valence-electron chi connectivity index (χ2n) is 4.08. The normalized spacial score (nSPS) is 10.1. The van der Waals surface area contributed by atoms with Crippen LogP contribution in [0, 0.1) is 24.1 Å². The fourth-order valence-corrected chi connectivity index (χ4v) is 1.67. The standard InChI is InChI=1S/C14H10FNO4/c1-8-4-10(20-13(8)14(17)18)7-19-12-3-2-9(6-16)5-11(12)15/h2-5H,7H2,1H3,(H,17,18). The highest BCUT2D eigenvalue weighted by molar-refractivity contribution is 5.86. The van der Waals surface area contributed by atoms with Crippen molar-refractivity contribution in [2.24, 2.45) is 0 Å². The molecule has 1 aromatic heterocycles. The van der Waals surface area contributed by atoms with Gasteiger partial charge in [0.05, 0.1) is 11.6 Å². The molecule has 0 atom stereocenters. The Morgan fingerprint density at radius 3 is 2.80 bits per heavy atom. The van der Waals surface area contributed by atoms with Gasteiger partial charge in [0.25, 0.3) is 0 Å². The van der Waals surface area contributed by atoms with Crippen LogP contribution in [0.3, 0.4) is 0 Å². The van der Waals surface area contributed by atoms with Gasteiger partial charge in [0.15, 0.2) is 11.6 Å². The number of halogens is 1. The highest BCUT2D eigenvalue weighted by Gasteiger charge is 2.15. The molecule has 0 amide bonds. The van der Waals surface area contributed by atoms with Crippen LogP contribution in [0.2, 0.25) is 0 Å². The number of furan rings is 1. The minimum absolute atomic E-state index is 0.0325. The summed E-state index contributed by atoms with van der Waals surface area (Å²) in [4.78, 5) is 10.8. The predicted molar refractivity (Wildman–Crippen MR) is 65.9 cm³/mol. The number of carboxylic acid groups (broad SMARTS) is 1. The van der Waals surface area contributed by atoms with Crippen molar-refractivity contribution in [1.82, 2.24) is 0 Å². The Kier molecular flexibility index (Phi) is 3.71. The van der Waals surface area contributed by atoms with Crippen LogP contribution >= 0.6 is 0 Å². The molecule has 0 aliphatic heterocycles. The molecule has 0 saturated carbocycles. The van der Waals surface area contributed by atoms with Crippen molar-refractivity contribution in [2.75, 3.05) is 0 Å². The maximum atomic E-state index is 13.6. The predicted octanol–water partition coefficient (Wildman–Crippen LogP) is 2.88. The summed E-state index contributed by atoms with van der Waals surface area (Å²) in [5.41, 5.74) is 0.660. The van der Waals surface area contributed by atoms with Gasteiger partial charge in [-0.05, 0) is 31.2 Å². The molecule has 0 bridgehead atoms. The van der Waals surface area contributed by atoms with Crippen molar-refractivity contribution in [3.05, 3.63) is 52.7 Å². The van der Waals surface area contributed by atoms with E-state index >= 15 is 0 Å². The summed E-state index contributed by atoms with van der Waals surface area (Å²) in [5, 5.41) is 17.5. The van der Waals surface area contributed by atoms with Crippen molar-refractivity contribution in [3.63, 3.8) is 0 Å². The number of rotatable bonds is 4. The van der Waals surface area contributed by atoms with Crippen LogP contribution in [0.25, 0.3) is 0 Å². The van der Waals surface area contributed by atoms with E-state index in [-0.39, 0.29) is 29.4 Å². The van der Waals surface area contributed by atoms with Gasteiger partial charge >= 0.3 is 5.97 Å². The smallest absolute Gasteiger partial charge is 0.372 e. The van der Waals surface area contributed by atoms with E-state index in [0.29, 0.717) is 5.56 Å². The number of nitrogens with zero attached hydrogens (tertiary/aromatic N) is 1. The molecular formula is C14H10FNO4. The Morgan fingerprint density at radius 1 is 1.50 bits per heavy atom. The van der Waals surface area contributed by atoms with Gasteiger partial charge in [0.2, 0.25) is 5.76 Å². The van der Waals surface area contributed by atoms with Gasteiger partial charge in [0, 0.05) is 5.56 Å². The first-order valence-corrected chi connectivity index (χ1v) is 5.66. The molecule has 0 unspecified atom stereocenters. The van der Waals surface area contributed by atoms with Crippen molar-refractivity contribution >= 4 is 5.97 Å².